The molecule has 0 aromatic heterocycles. The molecule has 2 rings (SSSR count). The first-order valence-electron chi connectivity index (χ1n) is 7.26. The standard InChI is InChI=1S/C16H20BBrO4S/c1-15(2)16(3,4)22-17(21-15)12(9-23)6-10-5-11(14(19)20)8-13(18)7-10/h5-8,23H,9H2,1-4H3,(H,19,20). The van der Waals surface area contributed by atoms with Crippen molar-refractivity contribution in [2.45, 2.75) is 38.9 Å². The van der Waals surface area contributed by atoms with Gasteiger partial charge in [-0.1, -0.05) is 22.0 Å². The van der Waals surface area contributed by atoms with Crippen LogP contribution < -0.4 is 0 Å². The zero-order valence-corrected chi connectivity index (χ0v) is 16.1. The Labute approximate surface area is 150 Å². The third-order valence-corrected chi connectivity index (χ3v) is 5.08. The van der Waals surface area contributed by atoms with Gasteiger partial charge in [-0.3, -0.25) is 0 Å². The summed E-state index contributed by atoms with van der Waals surface area (Å²) in [5.41, 5.74) is 0.974. The van der Waals surface area contributed by atoms with Crippen molar-refractivity contribution in [2.24, 2.45) is 0 Å². The van der Waals surface area contributed by atoms with Gasteiger partial charge in [-0.15, -0.1) is 0 Å². The Morgan fingerprint density at radius 2 is 1.83 bits per heavy atom. The summed E-state index contributed by atoms with van der Waals surface area (Å²) in [7, 11) is -0.496. The second-order valence-corrected chi connectivity index (χ2v) is 7.78. The Kier molecular flexibility index (Phi) is 5.35. The lowest BCUT2D eigenvalue weighted by molar-refractivity contribution is 0.00578. The summed E-state index contributed by atoms with van der Waals surface area (Å²) in [5.74, 6) is -0.518. The number of benzene rings is 1. The highest BCUT2D eigenvalue weighted by molar-refractivity contribution is 9.10. The zero-order valence-electron chi connectivity index (χ0n) is 13.6. The van der Waals surface area contributed by atoms with Crippen LogP contribution in [0.2, 0.25) is 0 Å². The van der Waals surface area contributed by atoms with E-state index in [0.717, 1.165) is 11.0 Å². The van der Waals surface area contributed by atoms with Gasteiger partial charge in [0.15, 0.2) is 0 Å². The molecule has 1 aliphatic heterocycles. The van der Waals surface area contributed by atoms with Crippen LogP contribution in [0.3, 0.4) is 0 Å². The van der Waals surface area contributed by atoms with E-state index in [4.69, 9.17) is 14.4 Å². The molecule has 0 aliphatic carbocycles. The molecule has 1 aliphatic rings. The average molecular weight is 399 g/mol. The third-order valence-electron chi connectivity index (χ3n) is 4.26. The topological polar surface area (TPSA) is 55.8 Å². The molecular formula is C16H20BBrO4S. The van der Waals surface area contributed by atoms with E-state index in [9.17, 15) is 4.79 Å². The highest BCUT2D eigenvalue weighted by Crippen LogP contribution is 2.39. The SMILES string of the molecule is CC1(C)OB(C(=Cc2cc(Br)cc(C(=O)O)c2)CS)OC1(C)C. The van der Waals surface area contributed by atoms with E-state index in [2.05, 4.69) is 28.6 Å². The van der Waals surface area contributed by atoms with E-state index in [1.807, 2.05) is 39.8 Å². The minimum atomic E-state index is -0.969. The van der Waals surface area contributed by atoms with Crippen molar-refractivity contribution in [1.29, 1.82) is 0 Å². The van der Waals surface area contributed by atoms with Crippen LogP contribution in [0, 0.1) is 0 Å². The second kappa shape index (κ2) is 6.63. The first-order valence-corrected chi connectivity index (χ1v) is 8.69. The Balaban J connectivity index is 2.35. The monoisotopic (exact) mass is 398 g/mol. The van der Waals surface area contributed by atoms with Crippen LogP contribution in [0.25, 0.3) is 6.08 Å². The molecule has 1 N–H and O–H groups in total. The lowest BCUT2D eigenvalue weighted by atomic mass is 9.78. The van der Waals surface area contributed by atoms with E-state index in [1.54, 1.807) is 12.1 Å². The molecule has 4 nitrogen and oxygen atoms in total. The van der Waals surface area contributed by atoms with Crippen molar-refractivity contribution < 1.29 is 19.2 Å². The fourth-order valence-electron chi connectivity index (χ4n) is 2.22. The summed E-state index contributed by atoms with van der Waals surface area (Å²) < 4.78 is 12.8. The molecule has 124 valence electrons. The van der Waals surface area contributed by atoms with Crippen LogP contribution >= 0.6 is 28.6 Å². The van der Waals surface area contributed by atoms with E-state index in [-0.39, 0.29) is 5.56 Å². The van der Waals surface area contributed by atoms with E-state index in [0.29, 0.717) is 10.2 Å². The van der Waals surface area contributed by atoms with Crippen molar-refractivity contribution in [1.82, 2.24) is 0 Å². The molecule has 1 aromatic carbocycles. The van der Waals surface area contributed by atoms with Gasteiger partial charge in [0, 0.05) is 10.2 Å². The number of carboxylic acids is 1. The summed E-state index contributed by atoms with van der Waals surface area (Å²) in [6.07, 6.45) is 1.87. The molecule has 1 heterocycles. The van der Waals surface area contributed by atoms with Crippen LogP contribution in [-0.2, 0) is 9.31 Å². The lowest BCUT2D eigenvalue weighted by Gasteiger charge is -2.32. The number of rotatable bonds is 4. The van der Waals surface area contributed by atoms with Crippen molar-refractivity contribution in [3.8, 4) is 0 Å². The Bertz CT molecular complexity index is 641. The molecule has 0 atom stereocenters. The molecule has 0 spiro atoms. The van der Waals surface area contributed by atoms with Crippen molar-refractivity contribution in [2.75, 3.05) is 5.75 Å². The predicted molar refractivity (Wildman–Crippen MR) is 99.0 cm³/mol. The van der Waals surface area contributed by atoms with Crippen LogP contribution in [0.15, 0.2) is 28.1 Å². The van der Waals surface area contributed by atoms with E-state index >= 15 is 0 Å². The van der Waals surface area contributed by atoms with Gasteiger partial charge in [-0.25, -0.2) is 4.79 Å². The Morgan fingerprint density at radius 1 is 1.26 bits per heavy atom. The molecule has 1 saturated heterocycles. The molecule has 23 heavy (non-hydrogen) atoms. The number of hydrogen-bond acceptors (Lipinski definition) is 4. The Hall–Kier alpha value is -0.755. The molecule has 1 aromatic rings. The summed E-state index contributed by atoms with van der Waals surface area (Å²) in [6, 6.07) is 5.03. The number of aromatic carboxylic acids is 1. The normalized spacial score (nSPS) is 19.9. The van der Waals surface area contributed by atoms with Crippen LogP contribution in [0.5, 0.6) is 0 Å². The van der Waals surface area contributed by atoms with Gasteiger partial charge in [0.1, 0.15) is 0 Å². The molecule has 0 bridgehead atoms. The fourth-order valence-corrected chi connectivity index (χ4v) is 2.97. The number of carbonyl (C=O) groups is 1. The van der Waals surface area contributed by atoms with Gasteiger partial charge in [-0.05, 0) is 56.9 Å². The molecule has 0 unspecified atom stereocenters. The molecule has 0 radical (unpaired) electrons. The van der Waals surface area contributed by atoms with Gasteiger partial charge in [0.25, 0.3) is 0 Å². The highest BCUT2D eigenvalue weighted by atomic mass is 79.9. The largest absolute Gasteiger partial charge is 0.491 e. The number of thiol groups is 1. The third kappa shape index (κ3) is 4.02. The smallest absolute Gasteiger partial charge is 0.478 e. The highest BCUT2D eigenvalue weighted by Gasteiger charge is 2.52. The van der Waals surface area contributed by atoms with Crippen molar-refractivity contribution in [3.05, 3.63) is 39.3 Å². The zero-order chi connectivity index (χ0) is 17.4. The van der Waals surface area contributed by atoms with E-state index in [1.165, 1.54) is 0 Å². The Morgan fingerprint density at radius 3 is 2.30 bits per heavy atom. The van der Waals surface area contributed by atoms with Crippen LogP contribution in [-0.4, -0.2) is 35.1 Å². The predicted octanol–water partition coefficient (Wildman–Crippen LogP) is 4.09. The van der Waals surface area contributed by atoms with Gasteiger partial charge >= 0.3 is 13.1 Å². The van der Waals surface area contributed by atoms with Crippen molar-refractivity contribution in [3.63, 3.8) is 0 Å². The molecule has 0 amide bonds. The van der Waals surface area contributed by atoms with Gasteiger partial charge in [0.2, 0.25) is 0 Å². The summed E-state index contributed by atoms with van der Waals surface area (Å²) in [6.45, 7) is 7.96. The summed E-state index contributed by atoms with van der Waals surface area (Å²) in [5, 5.41) is 9.17. The van der Waals surface area contributed by atoms with Gasteiger partial charge in [0.05, 0.1) is 16.8 Å². The lowest BCUT2D eigenvalue weighted by Crippen LogP contribution is -2.41. The first-order chi connectivity index (χ1) is 10.6. The first kappa shape index (κ1) is 18.6. The summed E-state index contributed by atoms with van der Waals surface area (Å²) >= 11 is 7.71. The van der Waals surface area contributed by atoms with Crippen LogP contribution in [0.1, 0.15) is 43.6 Å². The van der Waals surface area contributed by atoms with E-state index < -0.39 is 24.3 Å². The molecule has 0 saturated carbocycles. The molecule has 7 heteroatoms. The maximum absolute atomic E-state index is 11.2. The quantitative estimate of drug-likeness (QED) is 0.592. The number of carboxylic acid groups (broad SMARTS) is 1. The minimum absolute atomic E-state index is 0.220. The van der Waals surface area contributed by atoms with Gasteiger partial charge < -0.3 is 14.4 Å². The molecular weight excluding hydrogens is 379 g/mol. The van der Waals surface area contributed by atoms with Crippen molar-refractivity contribution >= 4 is 47.7 Å². The number of halogens is 1. The van der Waals surface area contributed by atoms with Gasteiger partial charge in [-0.2, -0.15) is 12.6 Å². The van der Waals surface area contributed by atoms with Crippen LogP contribution in [0.4, 0.5) is 0 Å². The average Bonchev–Trinajstić information content (AvgIpc) is 2.64. The maximum atomic E-state index is 11.2. The summed E-state index contributed by atoms with van der Waals surface area (Å²) in [4.78, 5) is 11.2. The molecule has 1 fully saturated rings. The minimum Gasteiger partial charge on any atom is -0.478 e. The second-order valence-electron chi connectivity index (χ2n) is 6.54. The fraction of sp³-hybridized carbons (Fsp3) is 0.438. The maximum Gasteiger partial charge on any atom is 0.491 e. The number of hydrogen-bond donors (Lipinski definition) is 2.